The van der Waals surface area contributed by atoms with Crippen molar-refractivity contribution in [2.45, 2.75) is 19.3 Å². The summed E-state index contributed by atoms with van der Waals surface area (Å²) in [6.45, 7) is 0. The van der Waals surface area contributed by atoms with Crippen LogP contribution in [0.4, 0.5) is 11.4 Å². The molecule has 2 heterocycles. The molecule has 1 unspecified atom stereocenters. The quantitative estimate of drug-likeness (QED) is 0.750. The number of para-hydroxylation sites is 1. The molecule has 0 saturated heterocycles. The molecule has 3 aliphatic rings. The Balaban J connectivity index is 1.62. The zero-order chi connectivity index (χ0) is 16.8. The molecule has 1 saturated carbocycles. The van der Waals surface area contributed by atoms with Crippen molar-refractivity contribution in [2.24, 2.45) is 5.10 Å². The molecule has 0 radical (unpaired) electrons. The largest absolute Gasteiger partial charge is 0.497 e. The Bertz CT molecular complexity index is 916. The molecular formula is C20H19N3OS. The molecule has 0 spiro atoms. The number of nitrogens with zero attached hydrogens (tertiary/aromatic N) is 3. The molecule has 0 amide bonds. The van der Waals surface area contributed by atoms with Crippen molar-refractivity contribution >= 4 is 32.8 Å². The minimum absolute atomic E-state index is 0.217. The third-order valence-corrected chi connectivity index (χ3v) is 6.91. The van der Waals surface area contributed by atoms with Crippen molar-refractivity contribution in [3.63, 3.8) is 0 Å². The van der Waals surface area contributed by atoms with Gasteiger partial charge in [0.15, 0.2) is 0 Å². The van der Waals surface area contributed by atoms with Gasteiger partial charge in [-0.3, -0.25) is 4.31 Å². The van der Waals surface area contributed by atoms with E-state index < -0.39 is 0 Å². The first-order valence-corrected chi connectivity index (χ1v) is 9.68. The fourth-order valence-corrected chi connectivity index (χ4v) is 5.85. The highest BCUT2D eigenvalue weighted by Crippen LogP contribution is 2.48. The maximum Gasteiger partial charge on any atom is 0.119 e. The molecule has 0 aromatic heterocycles. The number of hydrogen-bond acceptors (Lipinski definition) is 4. The molecular weight excluding hydrogens is 330 g/mol. The van der Waals surface area contributed by atoms with Crippen LogP contribution in [-0.2, 0) is 0 Å². The summed E-state index contributed by atoms with van der Waals surface area (Å²) in [6, 6.07) is 18.8. The first-order valence-electron chi connectivity index (χ1n) is 8.54. The van der Waals surface area contributed by atoms with Crippen molar-refractivity contribution in [2.75, 3.05) is 15.8 Å². The van der Waals surface area contributed by atoms with Gasteiger partial charge in [0.05, 0.1) is 29.1 Å². The maximum absolute atomic E-state index is 5.31. The summed E-state index contributed by atoms with van der Waals surface area (Å²) in [5, 5.41) is 4.99. The molecule has 1 fully saturated rings. The molecule has 0 N–H and O–H groups in total. The van der Waals surface area contributed by atoms with Crippen LogP contribution < -0.4 is 13.5 Å². The van der Waals surface area contributed by atoms with E-state index in [4.69, 9.17) is 9.84 Å². The minimum Gasteiger partial charge on any atom is -0.497 e. The molecule has 0 bridgehead atoms. The number of allylic oxidation sites excluding steroid dienone is 1. The fourth-order valence-electron chi connectivity index (χ4n) is 3.52. The number of ether oxygens (including phenoxy) is 1. The Morgan fingerprint density at radius 3 is 2.52 bits per heavy atom. The number of benzene rings is 2. The number of anilines is 2. The lowest BCUT2D eigenvalue weighted by Gasteiger charge is -2.27. The zero-order valence-electron chi connectivity index (χ0n) is 14.1. The van der Waals surface area contributed by atoms with Crippen LogP contribution in [0.25, 0.3) is 0 Å². The predicted molar refractivity (Wildman–Crippen MR) is 106 cm³/mol. The van der Waals surface area contributed by atoms with Gasteiger partial charge in [-0.25, -0.2) is 0 Å². The van der Waals surface area contributed by atoms with Gasteiger partial charge in [-0.1, -0.05) is 18.2 Å². The molecule has 5 heteroatoms. The van der Waals surface area contributed by atoms with Gasteiger partial charge in [-0.05, 0) is 61.2 Å². The van der Waals surface area contributed by atoms with E-state index in [1.807, 2.05) is 12.1 Å². The number of hydrazone groups is 1. The van der Waals surface area contributed by atoms with Gasteiger partial charge >= 0.3 is 0 Å². The molecule has 4 nitrogen and oxygen atoms in total. The summed E-state index contributed by atoms with van der Waals surface area (Å²) >= 11 is 0. The second kappa shape index (κ2) is 5.77. The van der Waals surface area contributed by atoms with Gasteiger partial charge in [0, 0.05) is 17.1 Å². The fraction of sp³-hybridized carbons (Fsp3) is 0.200. The third-order valence-electron chi connectivity index (χ3n) is 4.73. The first-order chi connectivity index (χ1) is 12.3. The third kappa shape index (κ3) is 2.30. The zero-order valence-corrected chi connectivity index (χ0v) is 14.9. The minimum atomic E-state index is -0.217. The molecule has 5 rings (SSSR count). The maximum atomic E-state index is 5.31. The van der Waals surface area contributed by atoms with Crippen LogP contribution in [0.3, 0.4) is 0 Å². The van der Waals surface area contributed by atoms with E-state index in [0.29, 0.717) is 0 Å². The molecule has 126 valence electrons. The van der Waals surface area contributed by atoms with E-state index in [2.05, 4.69) is 57.4 Å². The van der Waals surface area contributed by atoms with Gasteiger partial charge in [0.1, 0.15) is 5.75 Å². The molecule has 1 atom stereocenters. The summed E-state index contributed by atoms with van der Waals surface area (Å²) in [5.41, 5.74) is 5.03. The molecule has 25 heavy (non-hydrogen) atoms. The van der Waals surface area contributed by atoms with Crippen LogP contribution in [0.5, 0.6) is 5.75 Å². The van der Waals surface area contributed by atoms with Gasteiger partial charge in [0.25, 0.3) is 0 Å². The molecule has 2 aromatic carbocycles. The number of hydrogen-bond donors (Lipinski definition) is 0. The Kier molecular flexibility index (Phi) is 3.41. The van der Waals surface area contributed by atoms with Gasteiger partial charge in [-0.15, -0.1) is 0 Å². The summed E-state index contributed by atoms with van der Waals surface area (Å²) in [4.78, 5) is 1.44. The van der Waals surface area contributed by atoms with Crippen molar-refractivity contribution < 1.29 is 4.74 Å². The second-order valence-electron chi connectivity index (χ2n) is 6.28. The summed E-state index contributed by atoms with van der Waals surface area (Å²) < 4.78 is 9.88. The van der Waals surface area contributed by atoms with Crippen LogP contribution in [0.2, 0.25) is 0 Å². The van der Waals surface area contributed by atoms with Crippen LogP contribution in [-0.4, -0.2) is 17.7 Å². The standard InChI is InChI=1S/C20H19N3OS/c1-24-18-12-10-16(11-13-18)22-14-15-6-5-9-19-20(15)25(22)23(21-19)17-7-3-2-4-8-17/h2-4,7-8,10-14H,5-6,9H2,1H3. The highest BCUT2D eigenvalue weighted by Gasteiger charge is 2.38. The lowest BCUT2D eigenvalue weighted by Crippen LogP contribution is -2.17. The topological polar surface area (TPSA) is 28.1 Å². The summed E-state index contributed by atoms with van der Waals surface area (Å²) in [5.74, 6) is 0.882. The monoisotopic (exact) mass is 349 g/mol. The Morgan fingerprint density at radius 1 is 0.960 bits per heavy atom. The first kappa shape index (κ1) is 14.8. The Labute approximate surface area is 150 Å². The number of rotatable bonds is 3. The van der Waals surface area contributed by atoms with Crippen molar-refractivity contribution in [1.29, 1.82) is 0 Å². The van der Waals surface area contributed by atoms with Crippen LogP contribution in [0.15, 0.2) is 71.5 Å². The van der Waals surface area contributed by atoms with Crippen LogP contribution >= 0.6 is 10.9 Å². The average molecular weight is 349 g/mol. The second-order valence-corrected chi connectivity index (χ2v) is 7.96. The molecule has 2 aliphatic heterocycles. The van der Waals surface area contributed by atoms with E-state index in [0.717, 1.165) is 24.3 Å². The van der Waals surface area contributed by atoms with Crippen molar-refractivity contribution in [1.82, 2.24) is 0 Å². The summed E-state index contributed by atoms with van der Waals surface area (Å²) in [7, 11) is 1.49. The smallest absolute Gasteiger partial charge is 0.119 e. The van der Waals surface area contributed by atoms with E-state index >= 15 is 0 Å². The Hall–Kier alpha value is -2.53. The lowest BCUT2D eigenvalue weighted by molar-refractivity contribution is 0.415. The predicted octanol–water partition coefficient (Wildman–Crippen LogP) is 4.73. The molecule has 2 aromatic rings. The summed E-state index contributed by atoms with van der Waals surface area (Å²) in [6.07, 6.45) is 5.73. The van der Waals surface area contributed by atoms with Crippen molar-refractivity contribution in [3.8, 4) is 5.75 Å². The number of methoxy groups -OCH3 is 1. The van der Waals surface area contributed by atoms with Crippen LogP contribution in [0.1, 0.15) is 19.3 Å². The van der Waals surface area contributed by atoms with E-state index in [1.165, 1.54) is 28.3 Å². The highest BCUT2D eigenvalue weighted by atomic mass is 32.2. The van der Waals surface area contributed by atoms with Gasteiger partial charge < -0.3 is 4.74 Å². The SMILES string of the molecule is COc1ccc(N2C=C3CCCC4=NN(c5ccccc5)S2=C34)cc1. The Morgan fingerprint density at radius 2 is 1.76 bits per heavy atom. The van der Waals surface area contributed by atoms with E-state index in [1.54, 1.807) is 7.11 Å². The highest BCUT2D eigenvalue weighted by molar-refractivity contribution is 8.20. The molecule has 1 aliphatic carbocycles. The van der Waals surface area contributed by atoms with E-state index in [9.17, 15) is 0 Å². The van der Waals surface area contributed by atoms with Crippen LogP contribution in [0, 0.1) is 0 Å². The normalized spacial score (nSPS) is 21.2. The van der Waals surface area contributed by atoms with E-state index in [-0.39, 0.29) is 10.9 Å². The average Bonchev–Trinajstić information content (AvgIpc) is 3.26. The van der Waals surface area contributed by atoms with Crippen molar-refractivity contribution in [3.05, 3.63) is 66.4 Å². The van der Waals surface area contributed by atoms with Gasteiger partial charge in [0.2, 0.25) is 0 Å². The van der Waals surface area contributed by atoms with Gasteiger partial charge in [-0.2, -0.15) is 9.52 Å². The lowest BCUT2D eigenvalue weighted by atomic mass is 9.93.